The van der Waals surface area contributed by atoms with Gasteiger partial charge in [0, 0.05) is 5.02 Å². The zero-order chi connectivity index (χ0) is 9.26. The van der Waals surface area contributed by atoms with Crippen LogP contribution in [0.15, 0.2) is 18.2 Å². The lowest BCUT2D eigenvalue weighted by Gasteiger charge is -2.24. The highest BCUT2D eigenvalue weighted by Crippen LogP contribution is 2.29. The zero-order valence-electron chi connectivity index (χ0n) is 7.16. The molecule has 2 rings (SSSR count). The molecule has 70 valence electrons. The Bertz CT molecular complexity index is 312. The summed E-state index contributed by atoms with van der Waals surface area (Å²) >= 11 is 5.84. The predicted octanol–water partition coefficient (Wildman–Crippen LogP) is 2.03. The van der Waals surface area contributed by atoms with Crippen LogP contribution in [-0.2, 0) is 6.42 Å². The fourth-order valence-electron chi connectivity index (χ4n) is 1.54. The highest BCUT2D eigenvalue weighted by atomic mass is 35.5. The summed E-state index contributed by atoms with van der Waals surface area (Å²) in [6.07, 6.45) is 1.75. The van der Waals surface area contributed by atoms with Crippen LogP contribution in [-0.4, -0.2) is 17.8 Å². The van der Waals surface area contributed by atoms with E-state index in [0.717, 1.165) is 29.2 Å². The lowest BCUT2D eigenvalue weighted by Crippen LogP contribution is -2.25. The number of ether oxygens (including phenoxy) is 1. The fourth-order valence-corrected chi connectivity index (χ4v) is 1.74. The molecular formula is C10H11ClO2. The molecule has 1 aromatic rings. The average molecular weight is 199 g/mol. The molecule has 2 nitrogen and oxygen atoms in total. The van der Waals surface area contributed by atoms with Crippen molar-refractivity contribution in [3.05, 3.63) is 28.8 Å². The Morgan fingerprint density at radius 1 is 1.54 bits per heavy atom. The molecule has 1 aromatic carbocycles. The first-order chi connectivity index (χ1) is 6.29. The lowest BCUT2D eigenvalue weighted by molar-refractivity contribution is 0.0978. The van der Waals surface area contributed by atoms with Crippen molar-refractivity contribution in [1.82, 2.24) is 0 Å². The second-order valence-corrected chi connectivity index (χ2v) is 3.65. The van der Waals surface area contributed by atoms with Crippen LogP contribution in [0.1, 0.15) is 12.0 Å². The molecule has 0 saturated heterocycles. The van der Waals surface area contributed by atoms with Crippen molar-refractivity contribution in [3.63, 3.8) is 0 Å². The summed E-state index contributed by atoms with van der Waals surface area (Å²) in [5, 5.41) is 9.66. The molecule has 0 radical (unpaired) electrons. The number of aliphatic hydroxyl groups excluding tert-OH is 1. The van der Waals surface area contributed by atoms with E-state index in [-0.39, 0.29) is 12.7 Å². The molecule has 1 N–H and O–H groups in total. The van der Waals surface area contributed by atoms with E-state index in [1.54, 1.807) is 6.07 Å². The van der Waals surface area contributed by atoms with Crippen molar-refractivity contribution in [3.8, 4) is 5.75 Å². The van der Waals surface area contributed by atoms with Gasteiger partial charge in [0.2, 0.25) is 0 Å². The van der Waals surface area contributed by atoms with Crippen molar-refractivity contribution in [2.45, 2.75) is 18.9 Å². The molecule has 0 saturated carbocycles. The standard InChI is InChI=1S/C10H11ClO2/c11-8-2-4-10-7(5-8)1-3-9(6-12)13-10/h2,4-5,9,12H,1,3,6H2. The molecule has 13 heavy (non-hydrogen) atoms. The van der Waals surface area contributed by atoms with E-state index in [1.807, 2.05) is 12.1 Å². The summed E-state index contributed by atoms with van der Waals surface area (Å²) in [6, 6.07) is 5.59. The number of aliphatic hydroxyl groups is 1. The minimum atomic E-state index is -0.0475. The van der Waals surface area contributed by atoms with Crippen LogP contribution in [0.2, 0.25) is 5.02 Å². The Morgan fingerprint density at radius 2 is 2.38 bits per heavy atom. The number of hydrogen-bond acceptors (Lipinski definition) is 2. The minimum Gasteiger partial charge on any atom is -0.488 e. The zero-order valence-corrected chi connectivity index (χ0v) is 7.92. The fraction of sp³-hybridized carbons (Fsp3) is 0.400. The number of hydrogen-bond donors (Lipinski definition) is 1. The molecule has 0 spiro atoms. The molecule has 0 amide bonds. The number of rotatable bonds is 1. The maximum atomic E-state index is 8.92. The number of aryl methyl sites for hydroxylation is 1. The van der Waals surface area contributed by atoms with Gasteiger partial charge in [-0.15, -0.1) is 0 Å². The van der Waals surface area contributed by atoms with E-state index < -0.39 is 0 Å². The maximum Gasteiger partial charge on any atom is 0.123 e. The second-order valence-electron chi connectivity index (χ2n) is 3.21. The molecule has 0 fully saturated rings. The Balaban J connectivity index is 2.26. The number of fused-ring (bicyclic) bond motifs is 1. The molecule has 1 heterocycles. The van der Waals surface area contributed by atoms with Gasteiger partial charge in [-0.05, 0) is 36.6 Å². The van der Waals surface area contributed by atoms with Gasteiger partial charge in [-0.1, -0.05) is 11.6 Å². The van der Waals surface area contributed by atoms with Crippen molar-refractivity contribution in [2.24, 2.45) is 0 Å². The van der Waals surface area contributed by atoms with Crippen LogP contribution in [0.5, 0.6) is 5.75 Å². The minimum absolute atomic E-state index is 0.0475. The predicted molar refractivity (Wildman–Crippen MR) is 51.3 cm³/mol. The summed E-state index contributed by atoms with van der Waals surface area (Å²) in [5.74, 6) is 0.856. The Hall–Kier alpha value is -0.730. The van der Waals surface area contributed by atoms with Crippen LogP contribution < -0.4 is 4.74 Å². The van der Waals surface area contributed by atoms with Gasteiger partial charge in [-0.25, -0.2) is 0 Å². The van der Waals surface area contributed by atoms with Crippen LogP contribution in [0.4, 0.5) is 0 Å². The van der Waals surface area contributed by atoms with E-state index in [4.69, 9.17) is 21.4 Å². The molecule has 1 aliphatic heterocycles. The summed E-state index contributed by atoms with van der Waals surface area (Å²) in [6.45, 7) is 0.0854. The SMILES string of the molecule is OCC1CCc2cc(Cl)ccc2O1. The molecule has 1 unspecified atom stereocenters. The van der Waals surface area contributed by atoms with Crippen LogP contribution >= 0.6 is 11.6 Å². The van der Waals surface area contributed by atoms with Crippen molar-refractivity contribution >= 4 is 11.6 Å². The molecule has 3 heteroatoms. The third-order valence-electron chi connectivity index (χ3n) is 2.26. The van der Waals surface area contributed by atoms with Gasteiger partial charge in [-0.3, -0.25) is 0 Å². The normalized spacial score (nSPS) is 20.6. The third kappa shape index (κ3) is 1.79. The quantitative estimate of drug-likeness (QED) is 0.748. The van der Waals surface area contributed by atoms with E-state index >= 15 is 0 Å². The molecule has 1 aliphatic rings. The average Bonchev–Trinajstić information content (AvgIpc) is 2.17. The highest BCUT2D eigenvalue weighted by molar-refractivity contribution is 6.30. The molecule has 1 atom stereocenters. The summed E-state index contributed by atoms with van der Waals surface area (Å²) in [5.41, 5.74) is 1.14. The molecule has 0 aliphatic carbocycles. The molecule has 0 aromatic heterocycles. The van der Waals surface area contributed by atoms with Gasteiger partial charge in [0.05, 0.1) is 6.61 Å². The van der Waals surface area contributed by atoms with Crippen molar-refractivity contribution in [2.75, 3.05) is 6.61 Å². The Labute approximate surface area is 82.1 Å². The first-order valence-electron chi connectivity index (χ1n) is 4.35. The topological polar surface area (TPSA) is 29.5 Å². The monoisotopic (exact) mass is 198 g/mol. The molecule has 0 bridgehead atoms. The first kappa shape index (κ1) is 8.85. The second kappa shape index (κ2) is 3.56. The Kier molecular flexibility index (Phi) is 2.42. The smallest absolute Gasteiger partial charge is 0.123 e. The van der Waals surface area contributed by atoms with Gasteiger partial charge in [0.15, 0.2) is 0 Å². The van der Waals surface area contributed by atoms with E-state index in [0.29, 0.717) is 0 Å². The van der Waals surface area contributed by atoms with E-state index in [1.165, 1.54) is 0 Å². The largest absolute Gasteiger partial charge is 0.488 e. The van der Waals surface area contributed by atoms with Gasteiger partial charge in [0.25, 0.3) is 0 Å². The number of halogens is 1. The third-order valence-corrected chi connectivity index (χ3v) is 2.49. The lowest BCUT2D eigenvalue weighted by atomic mass is 10.0. The van der Waals surface area contributed by atoms with E-state index in [9.17, 15) is 0 Å². The number of benzene rings is 1. The maximum absolute atomic E-state index is 8.92. The molecular weight excluding hydrogens is 188 g/mol. The van der Waals surface area contributed by atoms with Crippen LogP contribution in [0.25, 0.3) is 0 Å². The first-order valence-corrected chi connectivity index (χ1v) is 4.73. The van der Waals surface area contributed by atoms with E-state index in [2.05, 4.69) is 0 Å². The van der Waals surface area contributed by atoms with Gasteiger partial charge in [-0.2, -0.15) is 0 Å². The summed E-state index contributed by atoms with van der Waals surface area (Å²) < 4.78 is 5.53. The van der Waals surface area contributed by atoms with Crippen molar-refractivity contribution in [1.29, 1.82) is 0 Å². The Morgan fingerprint density at radius 3 is 3.15 bits per heavy atom. The summed E-state index contributed by atoms with van der Waals surface area (Å²) in [4.78, 5) is 0. The van der Waals surface area contributed by atoms with Crippen LogP contribution in [0.3, 0.4) is 0 Å². The van der Waals surface area contributed by atoms with Crippen molar-refractivity contribution < 1.29 is 9.84 Å². The highest BCUT2D eigenvalue weighted by Gasteiger charge is 2.18. The van der Waals surface area contributed by atoms with Gasteiger partial charge >= 0.3 is 0 Å². The van der Waals surface area contributed by atoms with Gasteiger partial charge in [0.1, 0.15) is 11.9 Å². The summed E-state index contributed by atoms with van der Waals surface area (Å²) in [7, 11) is 0. The van der Waals surface area contributed by atoms with Crippen LogP contribution in [0, 0.1) is 0 Å². The van der Waals surface area contributed by atoms with Gasteiger partial charge < -0.3 is 9.84 Å².